The molecule has 0 saturated heterocycles. The van der Waals surface area contributed by atoms with Crippen LogP contribution < -0.4 is 18.9 Å². The number of ether oxygens (including phenoxy) is 4. The molecule has 2 aromatic rings. The SMILES string of the molecule is COc1cc2c(cc1OCCCOc1c(F)c3c(c(Br)c1OC)CN(C(=O)C[C@H](C)C(=O)O)C3)CN(C(=O)C[C@H](C)C(=O)O)C2. The van der Waals surface area contributed by atoms with Crippen LogP contribution in [0.2, 0.25) is 0 Å². The number of aliphatic carboxylic acids is 2. The van der Waals surface area contributed by atoms with Crippen LogP contribution in [0, 0.1) is 17.7 Å². The monoisotopic (exact) mass is 694 g/mol. The molecular formula is C31H36BrFN2O10. The number of carbonyl (C=O) groups is 4. The van der Waals surface area contributed by atoms with Crippen molar-refractivity contribution in [3.8, 4) is 23.0 Å². The van der Waals surface area contributed by atoms with Gasteiger partial charge in [-0.15, -0.1) is 0 Å². The Hall–Kier alpha value is -4.07. The van der Waals surface area contributed by atoms with Crippen LogP contribution in [0.3, 0.4) is 0 Å². The average molecular weight is 696 g/mol. The number of halogens is 2. The minimum atomic E-state index is -1.08. The summed E-state index contributed by atoms with van der Waals surface area (Å²) in [6, 6.07) is 3.60. The summed E-state index contributed by atoms with van der Waals surface area (Å²) in [6.45, 7) is 4.00. The molecule has 4 rings (SSSR count). The van der Waals surface area contributed by atoms with Gasteiger partial charge in [0.25, 0.3) is 0 Å². The van der Waals surface area contributed by atoms with Crippen molar-refractivity contribution in [2.75, 3.05) is 27.4 Å². The lowest BCUT2D eigenvalue weighted by Crippen LogP contribution is -2.28. The van der Waals surface area contributed by atoms with E-state index in [0.29, 0.717) is 41.0 Å². The van der Waals surface area contributed by atoms with Gasteiger partial charge in [0.2, 0.25) is 11.8 Å². The van der Waals surface area contributed by atoms with E-state index >= 15 is 4.39 Å². The highest BCUT2D eigenvalue weighted by molar-refractivity contribution is 9.10. The predicted octanol–water partition coefficient (Wildman–Crippen LogP) is 4.36. The number of fused-ring (bicyclic) bond motifs is 2. The fourth-order valence-electron chi connectivity index (χ4n) is 5.22. The summed E-state index contributed by atoms with van der Waals surface area (Å²) >= 11 is 3.46. The van der Waals surface area contributed by atoms with E-state index in [1.165, 1.54) is 33.0 Å². The Balaban J connectivity index is 1.36. The molecule has 0 fully saturated rings. The number of hydrogen-bond acceptors (Lipinski definition) is 8. The summed E-state index contributed by atoms with van der Waals surface area (Å²) in [5, 5.41) is 18.3. The van der Waals surface area contributed by atoms with Crippen molar-refractivity contribution in [1.82, 2.24) is 9.80 Å². The molecule has 12 nitrogen and oxygen atoms in total. The van der Waals surface area contributed by atoms with Crippen LogP contribution in [0.1, 0.15) is 55.4 Å². The first-order valence-corrected chi connectivity index (χ1v) is 15.2. The van der Waals surface area contributed by atoms with Crippen molar-refractivity contribution in [1.29, 1.82) is 0 Å². The lowest BCUT2D eigenvalue weighted by atomic mass is 10.1. The molecule has 2 aliphatic rings. The van der Waals surface area contributed by atoms with Crippen LogP contribution in [-0.4, -0.2) is 71.2 Å². The number of rotatable bonds is 14. The quantitative estimate of drug-likeness (QED) is 0.273. The van der Waals surface area contributed by atoms with E-state index in [4.69, 9.17) is 29.2 Å². The lowest BCUT2D eigenvalue weighted by molar-refractivity contribution is -0.145. The van der Waals surface area contributed by atoms with Crippen LogP contribution in [0.25, 0.3) is 0 Å². The third kappa shape index (κ3) is 7.43. The first-order valence-electron chi connectivity index (χ1n) is 14.4. The van der Waals surface area contributed by atoms with Crippen molar-refractivity contribution in [3.63, 3.8) is 0 Å². The molecule has 14 heteroatoms. The number of methoxy groups -OCH3 is 2. The molecule has 2 aliphatic heterocycles. The summed E-state index contributed by atoms with van der Waals surface area (Å²) in [4.78, 5) is 50.6. The van der Waals surface area contributed by atoms with Gasteiger partial charge in [-0.1, -0.05) is 13.8 Å². The van der Waals surface area contributed by atoms with Gasteiger partial charge in [0.1, 0.15) is 0 Å². The van der Waals surface area contributed by atoms with Crippen molar-refractivity contribution < 1.29 is 52.7 Å². The van der Waals surface area contributed by atoms with Crippen molar-refractivity contribution >= 4 is 39.7 Å². The second-order valence-corrected chi connectivity index (χ2v) is 11.9. The summed E-state index contributed by atoms with van der Waals surface area (Å²) in [7, 11) is 2.89. The Morgan fingerprint density at radius 2 is 1.31 bits per heavy atom. The van der Waals surface area contributed by atoms with Gasteiger partial charge in [-0.2, -0.15) is 0 Å². The number of carboxylic acids is 2. The van der Waals surface area contributed by atoms with E-state index in [0.717, 1.165) is 11.1 Å². The Kier molecular flexibility index (Phi) is 10.8. The molecule has 0 saturated carbocycles. The minimum Gasteiger partial charge on any atom is -0.493 e. The lowest BCUT2D eigenvalue weighted by Gasteiger charge is -2.17. The molecule has 2 atom stereocenters. The van der Waals surface area contributed by atoms with Crippen LogP contribution >= 0.6 is 15.9 Å². The number of carboxylic acid groups (broad SMARTS) is 2. The molecule has 45 heavy (non-hydrogen) atoms. The number of carbonyl (C=O) groups excluding carboxylic acids is 2. The van der Waals surface area contributed by atoms with Crippen LogP contribution in [-0.2, 0) is 45.4 Å². The fourth-order valence-corrected chi connectivity index (χ4v) is 5.93. The average Bonchev–Trinajstić information content (AvgIpc) is 3.64. The third-order valence-corrected chi connectivity index (χ3v) is 8.75. The molecule has 0 spiro atoms. The number of amides is 2. The van der Waals surface area contributed by atoms with Gasteiger partial charge in [-0.3, -0.25) is 19.2 Å². The van der Waals surface area contributed by atoms with Gasteiger partial charge in [-0.25, -0.2) is 4.39 Å². The second kappa shape index (κ2) is 14.4. The van der Waals surface area contributed by atoms with Gasteiger partial charge in [0, 0.05) is 51.0 Å². The molecule has 0 aromatic heterocycles. The molecule has 0 unspecified atom stereocenters. The normalized spacial score (nSPS) is 14.8. The summed E-state index contributed by atoms with van der Waals surface area (Å²) in [6.07, 6.45) is 0.0891. The summed E-state index contributed by atoms with van der Waals surface area (Å²) in [5.41, 5.74) is 2.58. The van der Waals surface area contributed by atoms with Gasteiger partial charge >= 0.3 is 11.9 Å². The van der Waals surface area contributed by atoms with E-state index in [-0.39, 0.29) is 68.0 Å². The Bertz CT molecular complexity index is 1500. The van der Waals surface area contributed by atoms with E-state index in [1.807, 2.05) is 0 Å². The number of hydrogen-bond donors (Lipinski definition) is 2. The molecule has 2 heterocycles. The highest BCUT2D eigenvalue weighted by Crippen LogP contribution is 2.46. The fraction of sp³-hybridized carbons (Fsp3) is 0.484. The van der Waals surface area contributed by atoms with Crippen LogP contribution in [0.5, 0.6) is 23.0 Å². The zero-order valence-corrected chi connectivity index (χ0v) is 27.1. The topological polar surface area (TPSA) is 152 Å². The van der Waals surface area contributed by atoms with E-state index in [1.54, 1.807) is 17.0 Å². The molecule has 2 N–H and O–H groups in total. The van der Waals surface area contributed by atoms with E-state index in [2.05, 4.69) is 15.9 Å². The Labute approximate surface area is 268 Å². The van der Waals surface area contributed by atoms with E-state index in [9.17, 15) is 19.2 Å². The molecule has 2 aromatic carbocycles. The second-order valence-electron chi connectivity index (χ2n) is 11.2. The van der Waals surface area contributed by atoms with E-state index < -0.39 is 29.6 Å². The molecule has 0 aliphatic carbocycles. The van der Waals surface area contributed by atoms with Gasteiger partial charge < -0.3 is 39.0 Å². The molecule has 244 valence electrons. The maximum atomic E-state index is 15.7. The number of nitrogens with zero attached hydrogens (tertiary/aromatic N) is 2. The summed E-state index contributed by atoms with van der Waals surface area (Å²) in [5.74, 6) is -4.02. The molecule has 0 radical (unpaired) electrons. The first-order chi connectivity index (χ1) is 21.4. The van der Waals surface area contributed by atoms with Gasteiger partial charge in [0.05, 0.1) is 43.7 Å². The van der Waals surface area contributed by atoms with Gasteiger partial charge in [0.15, 0.2) is 28.8 Å². The standard InChI is InChI=1S/C31H36BrFN2O10/c1-16(30(38)39)8-24(36)34-12-18-10-22(42-3)23(11-19(18)13-34)44-6-5-7-45-29-27(33)21-15-35(25(37)9-17(2)31(40)41)14-20(21)26(32)28(29)43-4/h10-11,16-17H,5-9,12-15H2,1-4H3,(H,38,39)(H,40,41)/t16-,17-/m0/s1. The highest BCUT2D eigenvalue weighted by Gasteiger charge is 2.34. The zero-order valence-electron chi connectivity index (χ0n) is 25.5. The summed E-state index contributed by atoms with van der Waals surface area (Å²) < 4.78 is 38.8. The van der Waals surface area contributed by atoms with Crippen LogP contribution in [0.4, 0.5) is 4.39 Å². The van der Waals surface area contributed by atoms with Crippen molar-refractivity contribution in [3.05, 3.63) is 44.7 Å². The smallest absolute Gasteiger partial charge is 0.306 e. The molecular weight excluding hydrogens is 659 g/mol. The van der Waals surface area contributed by atoms with Crippen LogP contribution in [0.15, 0.2) is 16.6 Å². The predicted molar refractivity (Wildman–Crippen MR) is 161 cm³/mol. The Morgan fingerprint density at radius 3 is 1.84 bits per heavy atom. The molecule has 0 bridgehead atoms. The maximum absolute atomic E-state index is 15.7. The first kappa shape index (κ1) is 33.8. The largest absolute Gasteiger partial charge is 0.493 e. The third-order valence-electron chi connectivity index (χ3n) is 7.91. The zero-order chi connectivity index (χ0) is 33.0. The number of benzene rings is 2. The van der Waals surface area contributed by atoms with Crippen molar-refractivity contribution in [2.24, 2.45) is 11.8 Å². The maximum Gasteiger partial charge on any atom is 0.306 e. The minimum absolute atomic E-state index is 0.0197. The highest BCUT2D eigenvalue weighted by atomic mass is 79.9. The molecule has 2 amide bonds. The van der Waals surface area contributed by atoms with Crippen molar-refractivity contribution in [2.45, 2.75) is 59.3 Å². The Morgan fingerprint density at radius 1 is 0.800 bits per heavy atom. The van der Waals surface area contributed by atoms with Gasteiger partial charge in [-0.05, 0) is 44.8 Å².